The molecule has 0 aromatic heterocycles. The van der Waals surface area contributed by atoms with Crippen molar-refractivity contribution in [1.29, 1.82) is 0 Å². The maximum Gasteiger partial charge on any atom is 0.270 e. The van der Waals surface area contributed by atoms with Gasteiger partial charge < -0.3 is 14.2 Å². The van der Waals surface area contributed by atoms with E-state index in [0.717, 1.165) is 4.90 Å². The van der Waals surface area contributed by atoms with Gasteiger partial charge in [-0.05, 0) is 47.5 Å². The predicted octanol–water partition coefficient (Wildman–Crippen LogP) is 4.27. The zero-order valence-corrected chi connectivity index (χ0v) is 19.2. The number of ether oxygens (including phenoxy) is 3. The quantitative estimate of drug-likeness (QED) is 0.406. The SMILES string of the molecule is CCC[C@H]1Oc2ccccc2C(=O)N(CC(=O)c2cc(Br)c(OC)cc2OCC)C1=O. The lowest BCUT2D eigenvalue weighted by Crippen LogP contribution is -2.45. The Morgan fingerprint density at radius 1 is 1.16 bits per heavy atom. The number of ketones is 1. The van der Waals surface area contributed by atoms with Gasteiger partial charge in [-0.15, -0.1) is 0 Å². The summed E-state index contributed by atoms with van der Waals surface area (Å²) in [6.07, 6.45) is 0.289. The van der Waals surface area contributed by atoms with Crippen LogP contribution in [0.25, 0.3) is 0 Å². The van der Waals surface area contributed by atoms with E-state index in [4.69, 9.17) is 14.2 Å². The molecular formula is C23H24BrNO6. The van der Waals surface area contributed by atoms with Crippen LogP contribution in [-0.4, -0.2) is 48.9 Å². The highest BCUT2D eigenvalue weighted by molar-refractivity contribution is 9.10. The average molecular weight is 490 g/mol. The van der Waals surface area contributed by atoms with Crippen LogP contribution < -0.4 is 14.2 Å². The molecule has 0 spiro atoms. The Morgan fingerprint density at radius 3 is 2.58 bits per heavy atom. The van der Waals surface area contributed by atoms with Crippen LogP contribution in [0, 0.1) is 0 Å². The highest BCUT2D eigenvalue weighted by atomic mass is 79.9. The van der Waals surface area contributed by atoms with Crippen molar-refractivity contribution in [3.8, 4) is 17.2 Å². The van der Waals surface area contributed by atoms with Crippen LogP contribution in [0.1, 0.15) is 47.4 Å². The highest BCUT2D eigenvalue weighted by Crippen LogP contribution is 2.34. The molecule has 2 aromatic rings. The van der Waals surface area contributed by atoms with Crippen LogP contribution in [0.5, 0.6) is 17.2 Å². The number of fused-ring (bicyclic) bond motifs is 1. The Morgan fingerprint density at radius 2 is 1.90 bits per heavy atom. The number of methoxy groups -OCH3 is 1. The van der Waals surface area contributed by atoms with Crippen molar-refractivity contribution in [2.75, 3.05) is 20.3 Å². The second kappa shape index (κ2) is 9.96. The van der Waals surface area contributed by atoms with Gasteiger partial charge in [-0.25, -0.2) is 0 Å². The lowest BCUT2D eigenvalue weighted by atomic mass is 10.1. The number of carbonyl (C=O) groups is 3. The Labute approximate surface area is 189 Å². The Hall–Kier alpha value is -2.87. The molecule has 0 fully saturated rings. The summed E-state index contributed by atoms with van der Waals surface area (Å²) in [6, 6.07) is 9.86. The van der Waals surface area contributed by atoms with E-state index in [9.17, 15) is 14.4 Å². The number of rotatable bonds is 8. The molecule has 1 aliphatic heterocycles. The summed E-state index contributed by atoms with van der Waals surface area (Å²) in [4.78, 5) is 40.5. The number of para-hydroxylation sites is 1. The summed E-state index contributed by atoms with van der Waals surface area (Å²) in [7, 11) is 1.51. The molecule has 7 nitrogen and oxygen atoms in total. The van der Waals surface area contributed by atoms with E-state index in [1.165, 1.54) is 7.11 Å². The topological polar surface area (TPSA) is 82.1 Å². The third kappa shape index (κ3) is 4.74. The van der Waals surface area contributed by atoms with Gasteiger partial charge in [0, 0.05) is 6.07 Å². The van der Waals surface area contributed by atoms with E-state index in [2.05, 4.69) is 15.9 Å². The van der Waals surface area contributed by atoms with Crippen molar-refractivity contribution in [1.82, 2.24) is 4.90 Å². The van der Waals surface area contributed by atoms with Crippen molar-refractivity contribution in [2.24, 2.45) is 0 Å². The predicted molar refractivity (Wildman–Crippen MR) is 118 cm³/mol. The summed E-state index contributed by atoms with van der Waals surface area (Å²) in [5, 5.41) is 0. The zero-order chi connectivity index (χ0) is 22.5. The minimum atomic E-state index is -0.834. The van der Waals surface area contributed by atoms with Gasteiger partial charge in [0.05, 0.1) is 35.9 Å². The largest absolute Gasteiger partial charge is 0.495 e. The molecule has 0 saturated carbocycles. The Bertz CT molecular complexity index is 1010. The third-order valence-electron chi connectivity index (χ3n) is 4.88. The van der Waals surface area contributed by atoms with Crippen LogP contribution >= 0.6 is 15.9 Å². The standard InChI is InChI=1S/C23H24BrNO6/c1-4-8-19-23(28)25(22(27)14-9-6-7-10-18(14)31-19)13-17(26)15-11-16(24)21(29-3)12-20(15)30-5-2/h6-7,9-12,19H,4-5,8,13H2,1-3H3/t19-/m1/s1. The van der Waals surface area contributed by atoms with Crippen LogP contribution in [0.15, 0.2) is 40.9 Å². The number of halogens is 1. The molecule has 2 aromatic carbocycles. The summed E-state index contributed by atoms with van der Waals surface area (Å²) in [5.74, 6) is -0.337. The van der Waals surface area contributed by atoms with Crippen LogP contribution in [0.3, 0.4) is 0 Å². The van der Waals surface area contributed by atoms with Gasteiger partial charge in [-0.1, -0.05) is 25.5 Å². The molecule has 3 rings (SSSR count). The van der Waals surface area contributed by atoms with Crippen molar-refractivity contribution in [3.63, 3.8) is 0 Å². The average Bonchev–Trinajstić information content (AvgIpc) is 2.86. The van der Waals surface area contributed by atoms with E-state index < -0.39 is 30.2 Å². The van der Waals surface area contributed by atoms with Gasteiger partial charge in [0.1, 0.15) is 17.2 Å². The summed E-state index contributed by atoms with van der Waals surface area (Å²) in [5.41, 5.74) is 0.504. The number of hydrogen-bond acceptors (Lipinski definition) is 6. The van der Waals surface area contributed by atoms with Crippen LogP contribution in [0.4, 0.5) is 0 Å². The van der Waals surface area contributed by atoms with Gasteiger partial charge >= 0.3 is 0 Å². The molecule has 0 bridgehead atoms. The maximum absolute atomic E-state index is 13.2. The number of hydrogen-bond donors (Lipinski definition) is 0. The lowest BCUT2D eigenvalue weighted by molar-refractivity contribution is -0.135. The fourth-order valence-electron chi connectivity index (χ4n) is 3.38. The lowest BCUT2D eigenvalue weighted by Gasteiger charge is -2.22. The van der Waals surface area contributed by atoms with Gasteiger partial charge in [-0.3, -0.25) is 19.3 Å². The molecule has 0 unspecified atom stereocenters. The second-order valence-electron chi connectivity index (χ2n) is 6.96. The van der Waals surface area contributed by atoms with Gasteiger partial charge in [0.25, 0.3) is 11.8 Å². The minimum Gasteiger partial charge on any atom is -0.495 e. The maximum atomic E-state index is 13.2. The highest BCUT2D eigenvalue weighted by Gasteiger charge is 2.37. The fraction of sp³-hybridized carbons (Fsp3) is 0.348. The van der Waals surface area contributed by atoms with E-state index >= 15 is 0 Å². The second-order valence-corrected chi connectivity index (χ2v) is 7.81. The number of benzene rings is 2. The molecular weight excluding hydrogens is 466 g/mol. The van der Waals surface area contributed by atoms with Crippen molar-refractivity contribution in [2.45, 2.75) is 32.8 Å². The van der Waals surface area contributed by atoms with E-state index in [-0.39, 0.29) is 11.1 Å². The smallest absolute Gasteiger partial charge is 0.270 e. The molecule has 0 N–H and O–H groups in total. The molecule has 8 heteroatoms. The van der Waals surface area contributed by atoms with E-state index in [1.807, 2.05) is 6.92 Å². The monoisotopic (exact) mass is 489 g/mol. The fourth-order valence-corrected chi connectivity index (χ4v) is 3.88. The molecule has 0 aliphatic carbocycles. The molecule has 2 amide bonds. The number of Topliss-reactive ketones (excluding diaryl/α,β-unsaturated/α-hetero) is 1. The van der Waals surface area contributed by atoms with Gasteiger partial charge in [-0.2, -0.15) is 0 Å². The first kappa shape index (κ1) is 22.8. The molecule has 0 saturated heterocycles. The molecule has 1 heterocycles. The number of carbonyl (C=O) groups excluding carboxylic acids is 3. The van der Waals surface area contributed by atoms with Gasteiger partial charge in [0.2, 0.25) is 0 Å². The molecule has 0 radical (unpaired) electrons. The Kier molecular flexibility index (Phi) is 7.33. The van der Waals surface area contributed by atoms with Crippen LogP contribution in [-0.2, 0) is 4.79 Å². The zero-order valence-electron chi connectivity index (χ0n) is 17.6. The van der Waals surface area contributed by atoms with E-state index in [1.54, 1.807) is 43.3 Å². The summed E-state index contributed by atoms with van der Waals surface area (Å²) < 4.78 is 17.3. The Balaban J connectivity index is 1.98. The number of imide groups is 1. The van der Waals surface area contributed by atoms with Gasteiger partial charge in [0.15, 0.2) is 11.9 Å². The van der Waals surface area contributed by atoms with Crippen molar-refractivity contribution >= 4 is 33.5 Å². The molecule has 1 atom stereocenters. The normalized spacial score (nSPS) is 15.7. The number of amides is 2. The summed E-state index contributed by atoms with van der Waals surface area (Å²) in [6.45, 7) is 3.64. The first-order chi connectivity index (χ1) is 14.9. The third-order valence-corrected chi connectivity index (χ3v) is 5.50. The first-order valence-corrected chi connectivity index (χ1v) is 10.8. The molecule has 1 aliphatic rings. The number of nitrogens with zero attached hydrogens (tertiary/aromatic N) is 1. The van der Waals surface area contributed by atoms with Crippen molar-refractivity contribution in [3.05, 3.63) is 52.0 Å². The first-order valence-electron chi connectivity index (χ1n) is 10.1. The molecule has 31 heavy (non-hydrogen) atoms. The van der Waals surface area contributed by atoms with E-state index in [0.29, 0.717) is 41.2 Å². The minimum absolute atomic E-state index is 0.251. The van der Waals surface area contributed by atoms with Crippen molar-refractivity contribution < 1.29 is 28.6 Å². The molecule has 164 valence electrons. The van der Waals surface area contributed by atoms with Crippen LogP contribution in [0.2, 0.25) is 0 Å². The summed E-state index contributed by atoms with van der Waals surface area (Å²) >= 11 is 3.37.